The van der Waals surface area contributed by atoms with Crippen LogP contribution in [0.15, 0.2) is 88.0 Å². The van der Waals surface area contributed by atoms with Gasteiger partial charge in [-0.2, -0.15) is 13.2 Å². The molecule has 1 saturated heterocycles. The first-order valence-electron chi connectivity index (χ1n) is 12.9. The topological polar surface area (TPSA) is 121 Å². The molecular weight excluding hydrogens is 587 g/mol. The van der Waals surface area contributed by atoms with Crippen molar-refractivity contribution in [3.8, 4) is 5.75 Å². The molecule has 4 rings (SSSR count). The molecule has 2 heterocycles. The maximum Gasteiger partial charge on any atom is 0.416 e. The van der Waals surface area contributed by atoms with Gasteiger partial charge in [-0.1, -0.05) is 24.3 Å². The lowest BCUT2D eigenvalue weighted by molar-refractivity contribution is -0.130. The third-order valence-corrected chi connectivity index (χ3v) is 8.16. The first kappa shape index (κ1) is 31.2. The number of carbonyl (C=O) groups excluding carboxylic acids is 2. The highest BCUT2D eigenvalue weighted by Crippen LogP contribution is 2.33. The lowest BCUT2D eigenvalue weighted by atomic mass is 10.0. The zero-order valence-electron chi connectivity index (χ0n) is 23.3. The number of fused-ring (bicyclic) bond motifs is 1. The van der Waals surface area contributed by atoms with Crippen LogP contribution in [0.3, 0.4) is 0 Å². The molecule has 0 unspecified atom stereocenters. The number of nitrogens with one attached hydrogen (secondary N) is 1. The van der Waals surface area contributed by atoms with E-state index in [1.165, 1.54) is 54.3 Å². The molecule has 14 heteroatoms. The van der Waals surface area contributed by atoms with Gasteiger partial charge in [-0.05, 0) is 44.0 Å². The van der Waals surface area contributed by atoms with Crippen molar-refractivity contribution in [3.05, 3.63) is 83.7 Å². The van der Waals surface area contributed by atoms with Crippen molar-refractivity contribution in [2.75, 3.05) is 38.0 Å². The summed E-state index contributed by atoms with van der Waals surface area (Å²) in [5, 5.41) is 0.646. The number of para-hydroxylation sites is 1. The number of aromatic nitrogens is 1. The van der Waals surface area contributed by atoms with Gasteiger partial charge in [0.05, 0.1) is 29.5 Å². The number of halogens is 3. The number of benzene rings is 2. The molecule has 10 nitrogen and oxygen atoms in total. The SMILES string of the molecule is C=N/C=C(C(=O)N1CCN(C(=O)c2ccc(NS(=O)(=O)c3cccc4cccnc34)c(OC)c2)CC1)\C(=C/C)C(F)(F)F. The van der Waals surface area contributed by atoms with E-state index in [0.29, 0.717) is 10.9 Å². The van der Waals surface area contributed by atoms with Crippen molar-refractivity contribution in [2.45, 2.75) is 18.0 Å². The lowest BCUT2D eigenvalue weighted by Gasteiger charge is -2.35. The number of amides is 2. The number of allylic oxidation sites excluding steroid dienone is 1. The molecule has 0 bridgehead atoms. The Bertz CT molecular complexity index is 1720. The van der Waals surface area contributed by atoms with Crippen molar-refractivity contribution in [1.82, 2.24) is 14.8 Å². The second-order valence-corrected chi connectivity index (χ2v) is 11.0. The molecule has 1 aliphatic rings. The molecule has 1 fully saturated rings. The molecule has 1 aliphatic heterocycles. The Labute approximate surface area is 246 Å². The van der Waals surface area contributed by atoms with Crippen LogP contribution < -0.4 is 9.46 Å². The largest absolute Gasteiger partial charge is 0.495 e. The maximum absolute atomic E-state index is 13.5. The van der Waals surface area contributed by atoms with Gasteiger partial charge in [-0.3, -0.25) is 24.3 Å². The molecule has 1 aromatic heterocycles. The van der Waals surface area contributed by atoms with E-state index in [4.69, 9.17) is 4.74 Å². The van der Waals surface area contributed by atoms with Crippen molar-refractivity contribution in [2.24, 2.45) is 4.99 Å². The minimum atomic E-state index is -4.76. The summed E-state index contributed by atoms with van der Waals surface area (Å²) in [6.45, 7) is 4.43. The minimum Gasteiger partial charge on any atom is -0.495 e. The van der Waals surface area contributed by atoms with Crippen LogP contribution in [-0.2, 0) is 14.8 Å². The Hall–Kier alpha value is -4.72. The molecule has 3 aromatic rings. The molecule has 0 radical (unpaired) electrons. The van der Waals surface area contributed by atoms with Crippen LogP contribution >= 0.6 is 0 Å². The summed E-state index contributed by atoms with van der Waals surface area (Å²) in [6, 6.07) is 12.4. The Morgan fingerprint density at radius 2 is 1.74 bits per heavy atom. The highest BCUT2D eigenvalue weighted by atomic mass is 32.2. The number of rotatable bonds is 8. The number of alkyl halides is 3. The minimum absolute atomic E-state index is 0.0119. The molecule has 43 heavy (non-hydrogen) atoms. The molecule has 1 N–H and O–H groups in total. The molecule has 0 saturated carbocycles. The number of ether oxygens (including phenoxy) is 1. The number of anilines is 1. The zero-order chi connectivity index (χ0) is 31.4. The summed E-state index contributed by atoms with van der Waals surface area (Å²) in [6.07, 6.45) is -1.69. The van der Waals surface area contributed by atoms with Gasteiger partial charge in [0.1, 0.15) is 10.6 Å². The standard InChI is InChI=1S/C29H28F3N5O5S/c1-4-22(29(30,31)32)21(18-33-2)28(39)37-15-13-36(14-16-37)27(38)20-10-11-23(24(17-20)42-3)35-43(40,41)25-9-5-7-19-8-6-12-34-26(19)25/h4-12,17-18,35H,2,13-16H2,1,3H3/b21-18+,22-4+. The quantitative estimate of drug-likeness (QED) is 0.228. The summed E-state index contributed by atoms with van der Waals surface area (Å²) < 4.78 is 74.7. The number of nitrogens with zero attached hydrogens (tertiary/aromatic N) is 4. The number of pyridine rings is 1. The Morgan fingerprint density at radius 1 is 1.07 bits per heavy atom. The molecule has 2 aromatic carbocycles. The third kappa shape index (κ3) is 6.69. The average molecular weight is 616 g/mol. The second-order valence-electron chi connectivity index (χ2n) is 9.36. The zero-order valence-corrected chi connectivity index (χ0v) is 24.1. The average Bonchev–Trinajstić information content (AvgIpc) is 2.99. The smallest absolute Gasteiger partial charge is 0.416 e. The Morgan fingerprint density at radius 3 is 2.37 bits per heavy atom. The summed E-state index contributed by atoms with van der Waals surface area (Å²) >= 11 is 0. The van der Waals surface area contributed by atoms with E-state index in [0.717, 1.165) is 12.3 Å². The molecule has 0 spiro atoms. The van der Waals surface area contributed by atoms with Crippen molar-refractivity contribution in [1.29, 1.82) is 0 Å². The van der Waals surface area contributed by atoms with Gasteiger partial charge in [0, 0.05) is 49.5 Å². The first-order valence-corrected chi connectivity index (χ1v) is 14.4. The Balaban J connectivity index is 1.48. The fourth-order valence-corrected chi connectivity index (χ4v) is 5.92. The van der Waals surface area contributed by atoms with Gasteiger partial charge >= 0.3 is 6.18 Å². The van der Waals surface area contributed by atoms with Gasteiger partial charge in [0.15, 0.2) is 0 Å². The van der Waals surface area contributed by atoms with Crippen molar-refractivity contribution < 1.29 is 35.9 Å². The maximum atomic E-state index is 13.5. The molecule has 2 amide bonds. The number of carbonyl (C=O) groups is 2. The third-order valence-electron chi connectivity index (χ3n) is 6.77. The highest BCUT2D eigenvalue weighted by molar-refractivity contribution is 7.93. The van der Waals surface area contributed by atoms with Crippen molar-refractivity contribution in [3.63, 3.8) is 0 Å². The summed E-state index contributed by atoms with van der Waals surface area (Å²) in [5.41, 5.74) is -1.17. The number of methoxy groups -OCH3 is 1. The van der Waals surface area contributed by atoms with Crippen LogP contribution in [0.25, 0.3) is 10.9 Å². The number of piperazine rings is 1. The van der Waals surface area contributed by atoms with E-state index in [1.807, 2.05) is 0 Å². The predicted molar refractivity (Wildman–Crippen MR) is 155 cm³/mol. The van der Waals surface area contributed by atoms with Gasteiger partial charge in [0.2, 0.25) is 0 Å². The lowest BCUT2D eigenvalue weighted by Crippen LogP contribution is -2.51. The van der Waals surface area contributed by atoms with Crippen LogP contribution in [0.1, 0.15) is 17.3 Å². The number of hydrogen-bond acceptors (Lipinski definition) is 7. The molecule has 0 atom stereocenters. The number of sulfonamides is 1. The van der Waals surface area contributed by atoms with Gasteiger partial charge in [-0.15, -0.1) is 0 Å². The van der Waals surface area contributed by atoms with E-state index in [1.54, 1.807) is 24.3 Å². The number of aliphatic imine (C=N–C) groups is 1. The molecular formula is C29H28F3N5O5S. The summed E-state index contributed by atoms with van der Waals surface area (Å²) in [4.78, 5) is 36.4. The second kappa shape index (κ2) is 12.7. The molecule has 226 valence electrons. The van der Waals surface area contributed by atoms with Gasteiger partial charge < -0.3 is 14.5 Å². The fourth-order valence-electron chi connectivity index (χ4n) is 4.67. The van der Waals surface area contributed by atoms with Crippen LogP contribution in [-0.4, -0.2) is 81.2 Å². The normalized spacial score (nSPS) is 14.9. The van der Waals surface area contributed by atoms with Crippen LogP contribution in [0.2, 0.25) is 0 Å². The van der Waals surface area contributed by atoms with E-state index in [-0.39, 0.29) is 48.1 Å². The van der Waals surface area contributed by atoms with E-state index in [2.05, 4.69) is 21.4 Å². The number of hydrogen-bond donors (Lipinski definition) is 1. The van der Waals surface area contributed by atoms with E-state index in [9.17, 15) is 31.2 Å². The van der Waals surface area contributed by atoms with E-state index < -0.39 is 39.2 Å². The summed E-state index contributed by atoms with van der Waals surface area (Å²) in [5.74, 6) is -1.20. The van der Waals surface area contributed by atoms with Crippen molar-refractivity contribution >= 4 is 45.1 Å². The molecule has 0 aliphatic carbocycles. The van der Waals surface area contributed by atoms with Crippen LogP contribution in [0.4, 0.5) is 18.9 Å². The Kier molecular flexibility index (Phi) is 9.19. The fraction of sp³-hybridized carbons (Fsp3) is 0.241. The van der Waals surface area contributed by atoms with Gasteiger partial charge in [0.25, 0.3) is 21.8 Å². The highest BCUT2D eigenvalue weighted by Gasteiger charge is 2.39. The predicted octanol–water partition coefficient (Wildman–Crippen LogP) is 4.42. The van der Waals surface area contributed by atoms with E-state index >= 15 is 0 Å². The van der Waals surface area contributed by atoms with Crippen LogP contribution in [0.5, 0.6) is 5.75 Å². The van der Waals surface area contributed by atoms with Gasteiger partial charge in [-0.25, -0.2) is 8.42 Å². The summed E-state index contributed by atoms with van der Waals surface area (Å²) in [7, 11) is -2.76. The monoisotopic (exact) mass is 615 g/mol. The first-order chi connectivity index (χ1) is 20.4. The van der Waals surface area contributed by atoms with Crippen LogP contribution in [0, 0.1) is 0 Å².